The molecule has 1 unspecified atom stereocenters. The average Bonchev–Trinajstić information content (AvgIpc) is 2.62. The summed E-state index contributed by atoms with van der Waals surface area (Å²) in [6.07, 6.45) is 1.81. The van der Waals surface area contributed by atoms with E-state index in [0.29, 0.717) is 12.4 Å². The molecule has 1 aromatic rings. The fraction of sp³-hybridized carbons (Fsp3) is 0.600. The number of halogens is 1. The molecule has 0 aliphatic carbocycles. The van der Waals surface area contributed by atoms with Gasteiger partial charge in [0.05, 0.1) is 5.69 Å². The second-order valence-electron chi connectivity index (χ2n) is 4.01. The number of nitrogens with zero attached hydrogens (tertiary/aromatic N) is 2. The summed E-state index contributed by atoms with van der Waals surface area (Å²) in [6, 6.07) is 0. The Hall–Kier alpha value is -1.23. The van der Waals surface area contributed by atoms with Gasteiger partial charge in [0.1, 0.15) is 5.60 Å². The van der Waals surface area contributed by atoms with E-state index in [-0.39, 0.29) is 11.5 Å². The zero-order valence-corrected chi connectivity index (χ0v) is 8.88. The molecule has 0 saturated carbocycles. The van der Waals surface area contributed by atoms with Gasteiger partial charge in [-0.1, -0.05) is 0 Å². The van der Waals surface area contributed by atoms with Gasteiger partial charge in [0, 0.05) is 6.61 Å². The second kappa shape index (κ2) is 3.41. The Morgan fingerprint density at radius 3 is 2.73 bits per heavy atom. The SMILES string of the molecule is Cc1nc(C2(C)CCCO2)nc(N)c1F. The third-order valence-electron chi connectivity index (χ3n) is 2.73. The number of aromatic nitrogens is 2. The first-order valence-corrected chi connectivity index (χ1v) is 4.97. The van der Waals surface area contributed by atoms with Crippen LogP contribution >= 0.6 is 0 Å². The highest BCUT2D eigenvalue weighted by Crippen LogP contribution is 2.34. The zero-order chi connectivity index (χ0) is 11.1. The van der Waals surface area contributed by atoms with Crippen LogP contribution in [0.1, 0.15) is 31.3 Å². The van der Waals surface area contributed by atoms with E-state index in [2.05, 4.69) is 9.97 Å². The predicted molar refractivity (Wildman–Crippen MR) is 53.7 cm³/mol. The van der Waals surface area contributed by atoms with Gasteiger partial charge in [-0.05, 0) is 26.7 Å². The summed E-state index contributed by atoms with van der Waals surface area (Å²) in [6.45, 7) is 4.18. The smallest absolute Gasteiger partial charge is 0.186 e. The first-order valence-electron chi connectivity index (χ1n) is 4.97. The molecule has 0 spiro atoms. The molecule has 1 saturated heterocycles. The number of hydrogen-bond acceptors (Lipinski definition) is 4. The van der Waals surface area contributed by atoms with Gasteiger partial charge in [-0.25, -0.2) is 14.4 Å². The van der Waals surface area contributed by atoms with E-state index in [4.69, 9.17) is 10.5 Å². The monoisotopic (exact) mass is 211 g/mol. The zero-order valence-electron chi connectivity index (χ0n) is 8.88. The molecule has 5 heteroatoms. The largest absolute Gasteiger partial charge is 0.381 e. The van der Waals surface area contributed by atoms with Crippen LogP contribution in [0.2, 0.25) is 0 Å². The maximum atomic E-state index is 13.2. The van der Waals surface area contributed by atoms with E-state index in [9.17, 15) is 4.39 Å². The van der Waals surface area contributed by atoms with Crippen molar-refractivity contribution in [1.82, 2.24) is 9.97 Å². The number of ether oxygens (including phenoxy) is 1. The highest BCUT2D eigenvalue weighted by molar-refractivity contribution is 5.33. The summed E-state index contributed by atoms with van der Waals surface area (Å²) in [5.74, 6) is -0.161. The fourth-order valence-corrected chi connectivity index (χ4v) is 1.77. The van der Waals surface area contributed by atoms with E-state index < -0.39 is 11.4 Å². The Morgan fingerprint density at radius 2 is 2.20 bits per heavy atom. The highest BCUT2D eigenvalue weighted by Gasteiger charge is 2.35. The van der Waals surface area contributed by atoms with Gasteiger partial charge in [-0.15, -0.1) is 0 Å². The minimum atomic E-state index is -0.541. The Balaban J connectivity index is 2.45. The van der Waals surface area contributed by atoms with Crippen LogP contribution in [0.5, 0.6) is 0 Å². The van der Waals surface area contributed by atoms with Crippen LogP contribution in [-0.4, -0.2) is 16.6 Å². The molecule has 0 bridgehead atoms. The average molecular weight is 211 g/mol. The molecule has 2 rings (SSSR count). The summed E-state index contributed by atoms with van der Waals surface area (Å²) in [5, 5.41) is 0. The van der Waals surface area contributed by atoms with Crippen LogP contribution in [-0.2, 0) is 10.3 Å². The van der Waals surface area contributed by atoms with E-state index >= 15 is 0 Å². The normalized spacial score (nSPS) is 25.8. The number of rotatable bonds is 1. The summed E-state index contributed by atoms with van der Waals surface area (Å²) in [4.78, 5) is 8.05. The van der Waals surface area contributed by atoms with Gasteiger partial charge in [0.25, 0.3) is 0 Å². The van der Waals surface area contributed by atoms with Crippen molar-refractivity contribution in [2.24, 2.45) is 0 Å². The Kier molecular flexibility index (Phi) is 2.34. The lowest BCUT2D eigenvalue weighted by Gasteiger charge is -2.21. The van der Waals surface area contributed by atoms with Crippen LogP contribution in [0.25, 0.3) is 0 Å². The number of aryl methyl sites for hydroxylation is 1. The molecular formula is C10H14FN3O. The number of hydrogen-bond donors (Lipinski definition) is 1. The molecule has 15 heavy (non-hydrogen) atoms. The van der Waals surface area contributed by atoms with E-state index in [0.717, 1.165) is 12.8 Å². The van der Waals surface area contributed by atoms with E-state index in [1.54, 1.807) is 6.92 Å². The van der Waals surface area contributed by atoms with Crippen molar-refractivity contribution in [2.75, 3.05) is 12.3 Å². The highest BCUT2D eigenvalue weighted by atomic mass is 19.1. The number of nitrogen functional groups attached to an aromatic ring is 1. The van der Waals surface area contributed by atoms with Crippen molar-refractivity contribution in [3.63, 3.8) is 0 Å². The number of nitrogens with two attached hydrogens (primary N) is 1. The molecule has 1 aliphatic heterocycles. The molecule has 1 aliphatic rings. The van der Waals surface area contributed by atoms with Gasteiger partial charge in [0.2, 0.25) is 0 Å². The van der Waals surface area contributed by atoms with Gasteiger partial charge in [-0.3, -0.25) is 0 Å². The van der Waals surface area contributed by atoms with Gasteiger partial charge >= 0.3 is 0 Å². The molecule has 0 amide bonds. The first-order chi connectivity index (χ1) is 7.03. The summed E-state index contributed by atoms with van der Waals surface area (Å²) < 4.78 is 18.8. The number of anilines is 1. The standard InChI is InChI=1S/C10H14FN3O/c1-6-7(11)8(12)14-9(13-6)10(2)4-3-5-15-10/h3-5H2,1-2H3,(H2,12,13,14). The van der Waals surface area contributed by atoms with Gasteiger partial charge < -0.3 is 10.5 Å². The molecule has 1 atom stereocenters. The van der Waals surface area contributed by atoms with E-state index in [1.165, 1.54) is 0 Å². The molecule has 2 heterocycles. The quantitative estimate of drug-likeness (QED) is 0.765. The topological polar surface area (TPSA) is 61.0 Å². The van der Waals surface area contributed by atoms with Crippen molar-refractivity contribution in [3.8, 4) is 0 Å². The molecule has 1 fully saturated rings. The molecular weight excluding hydrogens is 197 g/mol. The van der Waals surface area contributed by atoms with Crippen LogP contribution in [0.3, 0.4) is 0 Å². The molecule has 1 aromatic heterocycles. The summed E-state index contributed by atoms with van der Waals surface area (Å²) in [7, 11) is 0. The lowest BCUT2D eigenvalue weighted by molar-refractivity contribution is 0.00918. The summed E-state index contributed by atoms with van der Waals surface area (Å²) in [5.41, 5.74) is 5.23. The Labute approximate surface area is 87.7 Å². The van der Waals surface area contributed by atoms with Crippen LogP contribution in [0.15, 0.2) is 0 Å². The minimum Gasteiger partial charge on any atom is -0.381 e. The predicted octanol–water partition coefficient (Wildman–Crippen LogP) is 1.53. The second-order valence-corrected chi connectivity index (χ2v) is 4.01. The molecule has 4 nitrogen and oxygen atoms in total. The van der Waals surface area contributed by atoms with Crippen molar-refractivity contribution in [3.05, 3.63) is 17.3 Å². The van der Waals surface area contributed by atoms with Crippen LogP contribution < -0.4 is 5.73 Å². The van der Waals surface area contributed by atoms with Crippen molar-refractivity contribution >= 4 is 5.82 Å². The lowest BCUT2D eigenvalue weighted by atomic mass is 10.0. The Bertz CT molecular complexity index is 365. The van der Waals surface area contributed by atoms with Crippen LogP contribution in [0.4, 0.5) is 10.2 Å². The third-order valence-corrected chi connectivity index (χ3v) is 2.73. The Morgan fingerprint density at radius 1 is 1.47 bits per heavy atom. The summed E-state index contributed by atoms with van der Waals surface area (Å²) >= 11 is 0. The molecule has 0 aromatic carbocycles. The molecule has 2 N–H and O–H groups in total. The maximum absolute atomic E-state index is 13.2. The van der Waals surface area contributed by atoms with Crippen LogP contribution in [0, 0.1) is 12.7 Å². The molecule has 0 radical (unpaired) electrons. The maximum Gasteiger partial charge on any atom is 0.186 e. The molecule has 82 valence electrons. The van der Waals surface area contributed by atoms with Crippen molar-refractivity contribution in [2.45, 2.75) is 32.3 Å². The minimum absolute atomic E-state index is 0.103. The third kappa shape index (κ3) is 1.67. The fourth-order valence-electron chi connectivity index (χ4n) is 1.77. The first kappa shape index (κ1) is 10.3. The van der Waals surface area contributed by atoms with Crippen molar-refractivity contribution in [1.29, 1.82) is 0 Å². The van der Waals surface area contributed by atoms with Crippen molar-refractivity contribution < 1.29 is 9.13 Å². The van der Waals surface area contributed by atoms with Gasteiger partial charge in [0.15, 0.2) is 17.5 Å². The lowest BCUT2D eigenvalue weighted by Crippen LogP contribution is -2.25. The van der Waals surface area contributed by atoms with E-state index in [1.807, 2.05) is 6.92 Å². The van der Waals surface area contributed by atoms with Gasteiger partial charge in [-0.2, -0.15) is 0 Å².